The molecule has 0 bridgehead atoms. The summed E-state index contributed by atoms with van der Waals surface area (Å²) in [5.74, 6) is 0.573. The average Bonchev–Trinajstić information content (AvgIpc) is 3.65. The van der Waals surface area contributed by atoms with E-state index in [2.05, 4.69) is 181 Å². The van der Waals surface area contributed by atoms with Gasteiger partial charge >= 0.3 is 30.2 Å². The van der Waals surface area contributed by atoms with Crippen LogP contribution in [0.2, 0.25) is 0 Å². The van der Waals surface area contributed by atoms with Crippen LogP contribution < -0.4 is 0 Å². The van der Waals surface area contributed by atoms with E-state index >= 15 is 0 Å². The first-order valence-electron chi connectivity index (χ1n) is 16.9. The van der Waals surface area contributed by atoms with Crippen LogP contribution in [0, 0.1) is 42.5 Å². The molecule has 0 saturated heterocycles. The van der Waals surface area contributed by atoms with Gasteiger partial charge in [-0.05, 0) is 52.8 Å². The first-order chi connectivity index (χ1) is 22.1. The standard InChI is InChI=1S/C23H27.C22H25.2CH3.Si.Zr/c1-14-12-20-16(3)15(2)17(4)22(21(20)13-14)18-8-10-19(11-9-18)23(5,6)7;1-15(2)18-13-17-7-6-8-20(21(17)14-18)16-9-11-19(12-10-16)22(3,4)5;;;;/h8-13H,1-7H3;6-15H,1-5H3;2*1H3;;/q4*-1;;. The zero-order valence-corrected chi connectivity index (χ0v) is 36.2. The number of rotatable bonds is 3. The minimum atomic E-state index is 0. The number of hydrogen-bond donors (Lipinski definition) is 0. The Morgan fingerprint density at radius 2 is 1.10 bits per heavy atom. The van der Waals surface area contributed by atoms with Gasteiger partial charge in [0.2, 0.25) is 0 Å². The SMILES string of the molecule is CC(C)c1cc2c(-c3ccc(C(C)(C)C)cc3)cccc2[cH-]1.Cc1cc2c(-c3ccc(C(C)(C)C)cc3)c(C)c(C)c(C)c2[cH-]1.[CH3-].[CH3-].[Si]=[Zr]. The van der Waals surface area contributed by atoms with Gasteiger partial charge in [-0.1, -0.05) is 146 Å². The van der Waals surface area contributed by atoms with Crippen LogP contribution in [0.4, 0.5) is 0 Å². The molecule has 2 radical (unpaired) electrons. The van der Waals surface area contributed by atoms with Crippen LogP contribution in [0.1, 0.15) is 100 Å². The molecule has 0 N–H and O–H groups in total. The second-order valence-corrected chi connectivity index (χ2v) is 15.5. The maximum absolute atomic E-state index is 3.06. The van der Waals surface area contributed by atoms with Gasteiger partial charge < -0.3 is 14.9 Å². The molecule has 6 aromatic rings. The molecule has 0 aliphatic heterocycles. The predicted octanol–water partition coefficient (Wildman–Crippen LogP) is 13.9. The Morgan fingerprint density at radius 1 is 0.592 bits per heavy atom. The zero-order valence-electron chi connectivity index (χ0n) is 32.7. The van der Waals surface area contributed by atoms with Crippen molar-refractivity contribution in [1.29, 1.82) is 0 Å². The van der Waals surface area contributed by atoms with Gasteiger partial charge in [0.15, 0.2) is 0 Å². The molecular formula is C47H58SiZr-4. The molecule has 0 atom stereocenters. The molecule has 0 fully saturated rings. The van der Waals surface area contributed by atoms with Gasteiger partial charge in [-0.2, -0.15) is 12.1 Å². The summed E-state index contributed by atoms with van der Waals surface area (Å²) in [5.41, 5.74) is 15.6. The summed E-state index contributed by atoms with van der Waals surface area (Å²) in [6.45, 7) is 30.1. The molecule has 6 aromatic carbocycles. The number of hydrogen-bond acceptors (Lipinski definition) is 0. The van der Waals surface area contributed by atoms with Crippen molar-refractivity contribution in [3.63, 3.8) is 0 Å². The Bertz CT molecular complexity index is 1960. The van der Waals surface area contributed by atoms with Crippen molar-refractivity contribution in [3.8, 4) is 22.3 Å². The Kier molecular flexibility index (Phi) is 14.6. The summed E-state index contributed by atoms with van der Waals surface area (Å²) < 4.78 is 0. The van der Waals surface area contributed by atoms with Crippen molar-refractivity contribution < 1.29 is 23.3 Å². The van der Waals surface area contributed by atoms with Gasteiger partial charge in [-0.15, -0.1) is 62.5 Å². The molecule has 258 valence electrons. The quantitative estimate of drug-likeness (QED) is 0.125. The number of benzene rings is 4. The summed E-state index contributed by atoms with van der Waals surface area (Å²) in [7, 11) is 0. The Morgan fingerprint density at radius 3 is 1.59 bits per heavy atom. The van der Waals surface area contributed by atoms with E-state index in [-0.39, 0.29) is 25.7 Å². The van der Waals surface area contributed by atoms with Gasteiger partial charge in [0.05, 0.1) is 0 Å². The van der Waals surface area contributed by atoms with Crippen molar-refractivity contribution in [3.05, 3.63) is 145 Å². The van der Waals surface area contributed by atoms with E-state index in [9.17, 15) is 0 Å². The fourth-order valence-corrected chi connectivity index (χ4v) is 6.54. The van der Waals surface area contributed by atoms with Crippen LogP contribution in [-0.4, -0.2) is 6.88 Å². The molecule has 0 aliphatic carbocycles. The molecule has 0 spiro atoms. The Labute approximate surface area is 316 Å². The van der Waals surface area contributed by atoms with Gasteiger partial charge in [-0.25, -0.2) is 0 Å². The molecule has 6 rings (SSSR count). The summed E-state index contributed by atoms with van der Waals surface area (Å²) in [6, 6.07) is 34.2. The molecule has 0 aliphatic rings. The first-order valence-corrected chi connectivity index (χ1v) is 21.1. The molecule has 49 heavy (non-hydrogen) atoms. The molecule has 2 heteroatoms. The van der Waals surface area contributed by atoms with E-state index in [1.807, 2.05) is 0 Å². The topological polar surface area (TPSA) is 0 Å². The van der Waals surface area contributed by atoms with Gasteiger partial charge in [0, 0.05) is 0 Å². The number of fused-ring (bicyclic) bond motifs is 2. The molecular weight excluding hydrogens is 684 g/mol. The van der Waals surface area contributed by atoms with Crippen LogP contribution in [0.25, 0.3) is 43.8 Å². The summed E-state index contributed by atoms with van der Waals surface area (Å²) in [5, 5.41) is 5.52. The maximum atomic E-state index is 3.06. The molecule has 0 saturated carbocycles. The van der Waals surface area contributed by atoms with Crippen LogP contribution >= 0.6 is 0 Å². The van der Waals surface area contributed by atoms with E-state index in [1.54, 1.807) is 0 Å². The van der Waals surface area contributed by atoms with Crippen molar-refractivity contribution in [2.75, 3.05) is 0 Å². The molecule has 0 heterocycles. The van der Waals surface area contributed by atoms with Crippen molar-refractivity contribution in [1.82, 2.24) is 0 Å². The van der Waals surface area contributed by atoms with Crippen LogP contribution in [-0.2, 0) is 34.2 Å². The first kappa shape index (κ1) is 42.4. The number of aryl methyl sites for hydroxylation is 2. The monoisotopic (exact) mass is 740 g/mol. The molecule has 0 unspecified atom stereocenters. The second kappa shape index (κ2) is 16.9. The minimum absolute atomic E-state index is 0. The third-order valence-corrected chi connectivity index (χ3v) is 9.75. The van der Waals surface area contributed by atoms with E-state index in [4.69, 9.17) is 0 Å². The van der Waals surface area contributed by atoms with Crippen molar-refractivity contribution >= 4 is 28.4 Å². The van der Waals surface area contributed by atoms with Crippen LogP contribution in [0.15, 0.2) is 91.0 Å². The zero-order chi connectivity index (χ0) is 34.8. The summed E-state index contributed by atoms with van der Waals surface area (Å²) in [6.07, 6.45) is 0. The van der Waals surface area contributed by atoms with E-state index in [0.717, 1.165) is 0 Å². The van der Waals surface area contributed by atoms with Gasteiger partial charge in [0.25, 0.3) is 0 Å². The van der Waals surface area contributed by atoms with Crippen molar-refractivity contribution in [2.24, 2.45) is 0 Å². The summed E-state index contributed by atoms with van der Waals surface area (Å²) in [4.78, 5) is 0. The van der Waals surface area contributed by atoms with Crippen LogP contribution in [0.5, 0.6) is 0 Å². The van der Waals surface area contributed by atoms with Crippen molar-refractivity contribution in [2.45, 2.75) is 99.8 Å². The Hall–Kier alpha value is -2.80. The normalized spacial score (nSPS) is 11.3. The van der Waals surface area contributed by atoms with E-state index < -0.39 is 0 Å². The fourth-order valence-electron chi connectivity index (χ4n) is 6.54. The van der Waals surface area contributed by atoms with E-state index in [0.29, 0.717) is 5.92 Å². The second-order valence-electron chi connectivity index (χ2n) is 15.5. The Balaban J connectivity index is 0.000000312. The molecule has 0 aromatic heterocycles. The third kappa shape index (κ3) is 9.31. The molecule has 0 amide bonds. The van der Waals surface area contributed by atoms with Gasteiger partial charge in [-0.3, -0.25) is 0 Å². The summed E-state index contributed by atoms with van der Waals surface area (Å²) >= 11 is 1.36. The van der Waals surface area contributed by atoms with E-state index in [1.165, 1.54) is 106 Å². The van der Waals surface area contributed by atoms with Crippen LogP contribution in [0.3, 0.4) is 0 Å². The fraction of sp³-hybridized carbons (Fsp3) is 0.319. The predicted molar refractivity (Wildman–Crippen MR) is 219 cm³/mol. The third-order valence-electron chi connectivity index (χ3n) is 9.75. The molecule has 0 nitrogen and oxygen atoms in total. The van der Waals surface area contributed by atoms with Gasteiger partial charge in [0.1, 0.15) is 0 Å². The average molecular weight is 742 g/mol.